The Morgan fingerprint density at radius 2 is 1.67 bits per heavy atom. The van der Waals surface area contributed by atoms with Crippen LogP contribution in [-0.2, 0) is 0 Å². The highest BCUT2D eigenvalue weighted by Crippen LogP contribution is 2.28. The van der Waals surface area contributed by atoms with Gasteiger partial charge in [0.25, 0.3) is 5.56 Å². The summed E-state index contributed by atoms with van der Waals surface area (Å²) in [5, 5.41) is 1.14. The lowest BCUT2D eigenvalue weighted by Gasteiger charge is -2.15. The molecule has 0 saturated carbocycles. The summed E-state index contributed by atoms with van der Waals surface area (Å²) in [6.45, 7) is 10.6. The number of rotatable bonds is 2. The minimum absolute atomic E-state index is 0.0155. The van der Waals surface area contributed by atoms with E-state index in [0.29, 0.717) is 11.8 Å². The highest BCUT2D eigenvalue weighted by atomic mass is 16.1. The molecule has 0 radical (unpaired) electrons. The zero-order chi connectivity index (χ0) is 13.4. The molecule has 1 N–H and O–H groups in total. The van der Waals surface area contributed by atoms with Crippen molar-refractivity contribution in [3.8, 4) is 0 Å². The van der Waals surface area contributed by atoms with E-state index in [1.165, 1.54) is 11.1 Å². The van der Waals surface area contributed by atoms with E-state index in [1.807, 2.05) is 13.0 Å². The lowest BCUT2D eigenvalue weighted by molar-refractivity contribution is 0.839. The van der Waals surface area contributed by atoms with Crippen LogP contribution in [0.3, 0.4) is 0 Å². The summed E-state index contributed by atoms with van der Waals surface area (Å²) >= 11 is 0. The highest BCUT2D eigenvalue weighted by Gasteiger charge is 2.11. The van der Waals surface area contributed by atoms with Gasteiger partial charge in [-0.15, -0.1) is 0 Å². The molecule has 0 bridgehead atoms. The number of aromatic amines is 1. The second-order valence-electron chi connectivity index (χ2n) is 5.67. The number of aromatic nitrogens is 1. The molecule has 0 unspecified atom stereocenters. The van der Waals surface area contributed by atoms with Gasteiger partial charge in [0, 0.05) is 5.56 Å². The Hall–Kier alpha value is -1.57. The minimum atomic E-state index is 0.0155. The van der Waals surface area contributed by atoms with Crippen molar-refractivity contribution in [2.75, 3.05) is 0 Å². The molecule has 2 aromatic rings. The van der Waals surface area contributed by atoms with Crippen molar-refractivity contribution in [1.29, 1.82) is 0 Å². The van der Waals surface area contributed by atoms with Crippen LogP contribution in [0.5, 0.6) is 0 Å². The van der Waals surface area contributed by atoms with E-state index in [1.54, 1.807) is 0 Å². The molecule has 0 aliphatic rings. The van der Waals surface area contributed by atoms with E-state index in [2.05, 4.69) is 44.8 Å². The van der Waals surface area contributed by atoms with E-state index < -0.39 is 0 Å². The van der Waals surface area contributed by atoms with Crippen LogP contribution in [0, 0.1) is 6.92 Å². The molecule has 1 aromatic carbocycles. The van der Waals surface area contributed by atoms with Gasteiger partial charge >= 0.3 is 0 Å². The molecule has 0 amide bonds. The van der Waals surface area contributed by atoms with E-state index in [-0.39, 0.29) is 5.56 Å². The van der Waals surface area contributed by atoms with Gasteiger partial charge in [0.05, 0.1) is 5.52 Å². The second-order valence-corrected chi connectivity index (χ2v) is 5.67. The van der Waals surface area contributed by atoms with E-state index in [9.17, 15) is 4.79 Å². The molecular formula is C16H21NO. The Labute approximate surface area is 108 Å². The number of pyridine rings is 1. The highest BCUT2D eigenvalue weighted by molar-refractivity contribution is 5.83. The maximum atomic E-state index is 11.8. The van der Waals surface area contributed by atoms with Gasteiger partial charge in [0.15, 0.2) is 0 Å². The van der Waals surface area contributed by atoms with Crippen molar-refractivity contribution in [2.24, 2.45) is 0 Å². The average Bonchev–Trinajstić information content (AvgIpc) is 2.29. The summed E-state index contributed by atoms with van der Waals surface area (Å²) in [5.74, 6) is 0.906. The van der Waals surface area contributed by atoms with Gasteiger partial charge in [-0.05, 0) is 47.4 Å². The van der Waals surface area contributed by atoms with E-state index in [0.717, 1.165) is 16.5 Å². The van der Waals surface area contributed by atoms with Crippen LogP contribution in [0.1, 0.15) is 56.2 Å². The van der Waals surface area contributed by atoms with Crippen LogP contribution in [-0.4, -0.2) is 4.98 Å². The largest absolute Gasteiger partial charge is 0.321 e. The maximum absolute atomic E-state index is 11.8. The Kier molecular flexibility index (Phi) is 3.29. The molecule has 1 heterocycles. The van der Waals surface area contributed by atoms with Crippen molar-refractivity contribution in [2.45, 2.75) is 46.5 Å². The second kappa shape index (κ2) is 4.60. The number of aryl methyl sites for hydroxylation is 1. The first-order valence-corrected chi connectivity index (χ1v) is 6.57. The standard InChI is InChI=1S/C16H21NO/c1-9(2)12-7-13-6-11(5)16(18)17-15(13)14(8-12)10(3)4/h6-10H,1-5H3,(H,17,18). The van der Waals surface area contributed by atoms with Gasteiger partial charge in [0.2, 0.25) is 0 Å². The maximum Gasteiger partial charge on any atom is 0.251 e. The molecule has 0 aliphatic carbocycles. The van der Waals surface area contributed by atoms with Crippen LogP contribution >= 0.6 is 0 Å². The topological polar surface area (TPSA) is 32.9 Å². The normalized spacial score (nSPS) is 11.7. The van der Waals surface area contributed by atoms with Gasteiger partial charge in [-0.25, -0.2) is 0 Å². The Morgan fingerprint density at radius 3 is 2.22 bits per heavy atom. The molecular weight excluding hydrogens is 222 g/mol. The third-order valence-corrected chi connectivity index (χ3v) is 3.48. The lowest BCUT2D eigenvalue weighted by atomic mass is 9.92. The number of hydrogen-bond acceptors (Lipinski definition) is 1. The van der Waals surface area contributed by atoms with Gasteiger partial charge in [-0.1, -0.05) is 33.8 Å². The lowest BCUT2D eigenvalue weighted by Crippen LogP contribution is -2.10. The van der Waals surface area contributed by atoms with Gasteiger partial charge < -0.3 is 4.98 Å². The first-order valence-electron chi connectivity index (χ1n) is 6.57. The zero-order valence-corrected chi connectivity index (χ0v) is 11.8. The van der Waals surface area contributed by atoms with Crippen molar-refractivity contribution < 1.29 is 0 Å². The van der Waals surface area contributed by atoms with Gasteiger partial charge in [-0.2, -0.15) is 0 Å². The smallest absolute Gasteiger partial charge is 0.251 e. The fourth-order valence-corrected chi connectivity index (χ4v) is 2.27. The molecule has 2 heteroatoms. The third kappa shape index (κ3) is 2.20. The molecule has 0 aliphatic heterocycles. The third-order valence-electron chi connectivity index (χ3n) is 3.48. The summed E-state index contributed by atoms with van der Waals surface area (Å²) < 4.78 is 0. The Bertz CT molecular complexity index is 635. The molecule has 0 spiro atoms. The summed E-state index contributed by atoms with van der Waals surface area (Å²) in [5.41, 5.74) is 4.34. The summed E-state index contributed by atoms with van der Waals surface area (Å²) in [6.07, 6.45) is 0. The van der Waals surface area contributed by atoms with Crippen molar-refractivity contribution in [1.82, 2.24) is 4.98 Å². The van der Waals surface area contributed by atoms with E-state index in [4.69, 9.17) is 0 Å². The van der Waals surface area contributed by atoms with Gasteiger partial charge in [0.1, 0.15) is 0 Å². The average molecular weight is 243 g/mol. The van der Waals surface area contributed by atoms with Crippen molar-refractivity contribution in [3.63, 3.8) is 0 Å². The van der Waals surface area contributed by atoms with Crippen LogP contribution < -0.4 is 5.56 Å². The molecule has 1 aromatic heterocycles. The number of hydrogen-bond donors (Lipinski definition) is 1. The SMILES string of the molecule is Cc1cc2cc(C(C)C)cc(C(C)C)c2[nH]c1=O. The predicted octanol–water partition coefficient (Wildman–Crippen LogP) is 4.08. The number of H-pyrrole nitrogens is 1. The van der Waals surface area contributed by atoms with Crippen molar-refractivity contribution >= 4 is 10.9 Å². The Morgan fingerprint density at radius 1 is 1.00 bits per heavy atom. The number of benzene rings is 1. The summed E-state index contributed by atoms with van der Waals surface area (Å²) in [4.78, 5) is 14.8. The fraction of sp³-hybridized carbons (Fsp3) is 0.438. The molecule has 2 nitrogen and oxygen atoms in total. The number of nitrogens with one attached hydrogen (secondary N) is 1. The molecule has 0 fully saturated rings. The predicted molar refractivity (Wildman–Crippen MR) is 77.5 cm³/mol. The molecule has 96 valence electrons. The van der Waals surface area contributed by atoms with Crippen molar-refractivity contribution in [3.05, 3.63) is 45.2 Å². The van der Waals surface area contributed by atoms with Crippen LogP contribution in [0.2, 0.25) is 0 Å². The summed E-state index contributed by atoms with van der Waals surface area (Å²) in [6, 6.07) is 6.41. The zero-order valence-electron chi connectivity index (χ0n) is 11.8. The monoisotopic (exact) mass is 243 g/mol. The van der Waals surface area contributed by atoms with E-state index >= 15 is 0 Å². The quantitative estimate of drug-likeness (QED) is 0.847. The van der Waals surface area contributed by atoms with Crippen LogP contribution in [0.4, 0.5) is 0 Å². The first-order chi connectivity index (χ1) is 8.40. The molecule has 0 saturated heterocycles. The first kappa shape index (κ1) is 12.9. The van der Waals surface area contributed by atoms with Crippen LogP contribution in [0.15, 0.2) is 23.0 Å². The fourth-order valence-electron chi connectivity index (χ4n) is 2.27. The molecule has 2 rings (SSSR count). The van der Waals surface area contributed by atoms with Gasteiger partial charge in [-0.3, -0.25) is 4.79 Å². The summed E-state index contributed by atoms with van der Waals surface area (Å²) in [7, 11) is 0. The Balaban J connectivity index is 2.85. The molecule has 18 heavy (non-hydrogen) atoms. The number of fused-ring (bicyclic) bond motifs is 1. The van der Waals surface area contributed by atoms with Crippen LogP contribution in [0.25, 0.3) is 10.9 Å². The minimum Gasteiger partial charge on any atom is -0.321 e. The molecule has 0 atom stereocenters.